The fourth-order valence-corrected chi connectivity index (χ4v) is 5.06. The van der Waals surface area contributed by atoms with Crippen molar-refractivity contribution in [1.29, 1.82) is 0 Å². The van der Waals surface area contributed by atoms with E-state index in [0.29, 0.717) is 42.8 Å². The molecule has 2 aliphatic heterocycles. The Labute approximate surface area is 171 Å². The van der Waals surface area contributed by atoms with Crippen molar-refractivity contribution in [1.82, 2.24) is 24.6 Å². The molecule has 7 nitrogen and oxygen atoms in total. The van der Waals surface area contributed by atoms with E-state index < -0.39 is 11.6 Å². The minimum absolute atomic E-state index is 0.0295. The van der Waals surface area contributed by atoms with Crippen LogP contribution >= 0.6 is 0 Å². The minimum atomic E-state index is -1.61. The van der Waals surface area contributed by atoms with Crippen LogP contribution in [0.4, 0.5) is 14.5 Å². The predicted octanol–water partition coefficient (Wildman–Crippen LogP) is 2.78. The van der Waals surface area contributed by atoms with Gasteiger partial charge in [0.05, 0.1) is 11.3 Å². The average molecular weight is 412 g/mol. The van der Waals surface area contributed by atoms with Crippen LogP contribution in [0.1, 0.15) is 25.7 Å². The Bertz CT molecular complexity index is 1150. The summed E-state index contributed by atoms with van der Waals surface area (Å²) in [6.07, 6.45) is 5.88. The van der Waals surface area contributed by atoms with Crippen molar-refractivity contribution in [2.45, 2.75) is 43.4 Å². The van der Waals surface area contributed by atoms with Gasteiger partial charge in [0.15, 0.2) is 5.67 Å². The molecule has 2 saturated heterocycles. The molecular formula is C21H22F2N6O. The lowest BCUT2D eigenvalue weighted by Crippen LogP contribution is -2.58. The number of aromatic amines is 1. The van der Waals surface area contributed by atoms with Crippen molar-refractivity contribution in [3.8, 4) is 11.3 Å². The molecule has 3 aliphatic rings. The molecule has 0 spiro atoms. The van der Waals surface area contributed by atoms with Gasteiger partial charge in [-0.1, -0.05) is 0 Å². The number of aryl methyl sites for hydroxylation is 1. The number of amides is 1. The summed E-state index contributed by atoms with van der Waals surface area (Å²) in [5.74, 6) is -0.846. The lowest BCUT2D eigenvalue weighted by atomic mass is 10.1. The first-order valence-corrected chi connectivity index (χ1v) is 10.4. The van der Waals surface area contributed by atoms with Crippen molar-refractivity contribution in [2.75, 3.05) is 18.0 Å². The van der Waals surface area contributed by atoms with E-state index in [1.165, 1.54) is 4.68 Å². The molecule has 9 heteroatoms. The Kier molecular flexibility index (Phi) is 3.58. The summed E-state index contributed by atoms with van der Waals surface area (Å²) >= 11 is 0. The molecule has 5 heterocycles. The highest BCUT2D eigenvalue weighted by molar-refractivity contribution is 5.94. The number of carbonyl (C=O) groups excluding carboxylic acids is 1. The van der Waals surface area contributed by atoms with Gasteiger partial charge in [-0.2, -0.15) is 4.39 Å². The SMILES string of the molecule is Cn1cc(-c2cc3c(N4CC5CCC(C4)N5C(=O)C4(F)CC4)ccnc3[nH]2)c(F)n1. The Morgan fingerprint density at radius 3 is 2.63 bits per heavy atom. The largest absolute Gasteiger partial charge is 0.367 e. The third-order valence-corrected chi connectivity index (χ3v) is 6.71. The first kappa shape index (κ1) is 17.9. The van der Waals surface area contributed by atoms with Gasteiger partial charge >= 0.3 is 0 Å². The van der Waals surface area contributed by atoms with Crippen LogP contribution in [-0.4, -0.2) is 61.4 Å². The normalized spacial score (nSPS) is 24.6. The van der Waals surface area contributed by atoms with Gasteiger partial charge in [-0.05, 0) is 37.8 Å². The number of H-pyrrole nitrogens is 1. The number of piperazine rings is 1. The van der Waals surface area contributed by atoms with Crippen LogP contribution < -0.4 is 4.90 Å². The van der Waals surface area contributed by atoms with Gasteiger partial charge in [-0.25, -0.2) is 9.37 Å². The summed E-state index contributed by atoms with van der Waals surface area (Å²) in [6.45, 7) is 1.33. The van der Waals surface area contributed by atoms with Crippen LogP contribution in [0.2, 0.25) is 0 Å². The molecule has 3 aromatic rings. The number of pyridine rings is 1. The first-order valence-electron chi connectivity index (χ1n) is 10.4. The first-order chi connectivity index (χ1) is 14.4. The van der Waals surface area contributed by atoms with Crippen LogP contribution in [0.3, 0.4) is 0 Å². The number of hydrogen-bond donors (Lipinski definition) is 1. The topological polar surface area (TPSA) is 70.1 Å². The maximum atomic E-state index is 14.4. The zero-order valence-electron chi connectivity index (χ0n) is 16.6. The number of halogens is 2. The van der Waals surface area contributed by atoms with E-state index in [9.17, 15) is 13.6 Å². The highest BCUT2D eigenvalue weighted by atomic mass is 19.1. The highest BCUT2D eigenvalue weighted by Crippen LogP contribution is 2.45. The molecule has 1 aliphatic carbocycles. The standard InChI is InChI=1S/C21H22F2N6O/c1-27-11-15(18(22)26-27)16-8-14-17(4-7-24-19(14)25-16)28-9-12-2-3-13(10-28)29(12)20(30)21(23)5-6-21/h4,7-8,11-13H,2-3,5-6,9-10H2,1H3,(H,24,25). The second-order valence-electron chi connectivity index (χ2n) is 8.75. The molecule has 3 aromatic heterocycles. The van der Waals surface area contributed by atoms with Crippen LogP contribution in [0.15, 0.2) is 24.5 Å². The third kappa shape index (κ3) is 2.57. The Hall–Kier alpha value is -2.97. The van der Waals surface area contributed by atoms with Crippen molar-refractivity contribution >= 4 is 22.6 Å². The van der Waals surface area contributed by atoms with Gasteiger partial charge in [-0.15, -0.1) is 5.10 Å². The fourth-order valence-electron chi connectivity index (χ4n) is 5.06. The Morgan fingerprint density at radius 2 is 2.00 bits per heavy atom. The zero-order valence-corrected chi connectivity index (χ0v) is 16.6. The summed E-state index contributed by atoms with van der Waals surface area (Å²) in [7, 11) is 1.68. The lowest BCUT2D eigenvalue weighted by molar-refractivity contribution is -0.141. The fraction of sp³-hybridized carbons (Fsp3) is 0.476. The average Bonchev–Trinajstić information content (AvgIpc) is 3.05. The van der Waals surface area contributed by atoms with Crippen LogP contribution in [0.25, 0.3) is 22.3 Å². The van der Waals surface area contributed by atoms with E-state index in [-0.39, 0.29) is 18.0 Å². The summed E-state index contributed by atoms with van der Waals surface area (Å²) in [5.41, 5.74) is 1.08. The number of nitrogens with one attached hydrogen (secondary N) is 1. The summed E-state index contributed by atoms with van der Waals surface area (Å²) in [6, 6.07) is 3.91. The summed E-state index contributed by atoms with van der Waals surface area (Å²) in [4.78, 5) is 24.3. The number of hydrogen-bond acceptors (Lipinski definition) is 4. The second kappa shape index (κ2) is 6.02. The lowest BCUT2D eigenvalue weighted by Gasteiger charge is -2.42. The summed E-state index contributed by atoms with van der Waals surface area (Å²) < 4.78 is 30.0. The smallest absolute Gasteiger partial charge is 0.260 e. The number of fused-ring (bicyclic) bond motifs is 3. The van der Waals surface area contributed by atoms with Crippen molar-refractivity contribution in [3.05, 3.63) is 30.5 Å². The molecule has 1 N–H and O–H groups in total. The van der Waals surface area contributed by atoms with E-state index in [0.717, 1.165) is 23.9 Å². The molecule has 3 fully saturated rings. The molecule has 0 radical (unpaired) electrons. The van der Waals surface area contributed by atoms with Gasteiger partial charge in [0.2, 0.25) is 5.95 Å². The maximum absolute atomic E-state index is 14.4. The van der Waals surface area contributed by atoms with Crippen molar-refractivity contribution in [2.24, 2.45) is 7.05 Å². The number of nitrogens with zero attached hydrogens (tertiary/aromatic N) is 5. The molecular weight excluding hydrogens is 390 g/mol. The Balaban J connectivity index is 1.33. The van der Waals surface area contributed by atoms with Crippen LogP contribution in [-0.2, 0) is 11.8 Å². The molecule has 0 aromatic carbocycles. The molecule has 1 amide bonds. The van der Waals surface area contributed by atoms with Gasteiger partial charge in [0, 0.05) is 55.7 Å². The quantitative estimate of drug-likeness (QED) is 0.718. The summed E-state index contributed by atoms with van der Waals surface area (Å²) in [5, 5.41) is 4.68. The monoisotopic (exact) mass is 412 g/mol. The zero-order chi connectivity index (χ0) is 20.6. The molecule has 1 saturated carbocycles. The van der Waals surface area contributed by atoms with Gasteiger partial charge in [0.1, 0.15) is 5.65 Å². The molecule has 2 atom stereocenters. The second-order valence-corrected chi connectivity index (χ2v) is 8.75. The van der Waals surface area contributed by atoms with E-state index >= 15 is 0 Å². The predicted molar refractivity (Wildman–Crippen MR) is 107 cm³/mol. The number of alkyl halides is 1. The number of aromatic nitrogens is 4. The maximum Gasteiger partial charge on any atom is 0.260 e. The number of rotatable bonds is 3. The van der Waals surface area contributed by atoms with Crippen molar-refractivity contribution in [3.63, 3.8) is 0 Å². The van der Waals surface area contributed by atoms with E-state index in [1.54, 1.807) is 19.4 Å². The Morgan fingerprint density at radius 1 is 1.27 bits per heavy atom. The highest BCUT2D eigenvalue weighted by Gasteiger charge is 2.57. The van der Waals surface area contributed by atoms with Crippen LogP contribution in [0.5, 0.6) is 0 Å². The van der Waals surface area contributed by atoms with Gasteiger partial charge in [-0.3, -0.25) is 9.48 Å². The van der Waals surface area contributed by atoms with Gasteiger partial charge in [0.25, 0.3) is 5.91 Å². The third-order valence-electron chi connectivity index (χ3n) is 6.71. The molecule has 6 rings (SSSR count). The molecule has 2 bridgehead atoms. The number of carbonyl (C=O) groups is 1. The molecule has 2 unspecified atom stereocenters. The number of anilines is 1. The van der Waals surface area contributed by atoms with Gasteiger partial charge < -0.3 is 14.8 Å². The molecule has 156 valence electrons. The van der Waals surface area contributed by atoms with E-state index in [2.05, 4.69) is 20.0 Å². The van der Waals surface area contributed by atoms with E-state index in [1.807, 2.05) is 17.0 Å². The molecule has 30 heavy (non-hydrogen) atoms. The van der Waals surface area contributed by atoms with Crippen LogP contribution in [0, 0.1) is 5.95 Å². The van der Waals surface area contributed by atoms with E-state index in [4.69, 9.17) is 0 Å². The minimum Gasteiger partial charge on any atom is -0.367 e. The van der Waals surface area contributed by atoms with Crippen molar-refractivity contribution < 1.29 is 13.6 Å².